The number of terminal acetylenes is 1. The molecule has 0 aliphatic rings. The Morgan fingerprint density at radius 1 is 1.26 bits per heavy atom. The molecule has 0 spiro atoms. The highest BCUT2D eigenvalue weighted by Gasteiger charge is 2.12. The van der Waals surface area contributed by atoms with Gasteiger partial charge >= 0.3 is 0 Å². The molecular formula is C19H19NO3. The fourth-order valence-corrected chi connectivity index (χ4v) is 2.19. The topological polar surface area (TPSA) is 58.6 Å². The van der Waals surface area contributed by atoms with Crippen LogP contribution >= 0.6 is 0 Å². The van der Waals surface area contributed by atoms with Crippen LogP contribution in [0.4, 0.5) is 0 Å². The van der Waals surface area contributed by atoms with Gasteiger partial charge in [0, 0.05) is 12.1 Å². The van der Waals surface area contributed by atoms with Gasteiger partial charge in [-0.2, -0.15) is 0 Å². The van der Waals surface area contributed by atoms with Gasteiger partial charge in [0.15, 0.2) is 0 Å². The highest BCUT2D eigenvalue weighted by Crippen LogP contribution is 2.17. The molecule has 2 N–H and O–H groups in total. The molecule has 0 aliphatic heterocycles. The summed E-state index contributed by atoms with van der Waals surface area (Å²) < 4.78 is 5.25. The number of amides is 1. The average molecular weight is 309 g/mol. The maximum absolute atomic E-state index is 12.1. The molecule has 2 aromatic rings. The monoisotopic (exact) mass is 309 g/mol. The molecule has 0 bridgehead atoms. The maximum atomic E-state index is 12.1. The van der Waals surface area contributed by atoms with Crippen LogP contribution in [0.1, 0.15) is 27.6 Å². The number of benzene rings is 2. The van der Waals surface area contributed by atoms with Crippen molar-refractivity contribution in [2.24, 2.45) is 0 Å². The number of aliphatic hydroxyl groups is 1. The molecule has 4 heteroatoms. The summed E-state index contributed by atoms with van der Waals surface area (Å²) in [5.41, 5.74) is 2.30. The van der Waals surface area contributed by atoms with E-state index in [-0.39, 0.29) is 19.1 Å². The van der Waals surface area contributed by atoms with E-state index in [0.717, 1.165) is 11.1 Å². The first kappa shape index (κ1) is 16.6. The van der Waals surface area contributed by atoms with Crippen LogP contribution < -0.4 is 10.1 Å². The van der Waals surface area contributed by atoms with Gasteiger partial charge in [0.25, 0.3) is 5.91 Å². The van der Waals surface area contributed by atoms with E-state index < -0.39 is 6.10 Å². The molecule has 118 valence electrons. The lowest BCUT2D eigenvalue weighted by molar-refractivity contribution is 0.0916. The first-order chi connectivity index (χ1) is 11.1. The van der Waals surface area contributed by atoms with E-state index in [1.165, 1.54) is 0 Å². The van der Waals surface area contributed by atoms with E-state index in [1.807, 2.05) is 31.2 Å². The first-order valence-electron chi connectivity index (χ1n) is 7.30. The van der Waals surface area contributed by atoms with Gasteiger partial charge in [-0.05, 0) is 42.3 Å². The minimum Gasteiger partial charge on any atom is -0.481 e. The van der Waals surface area contributed by atoms with Crippen LogP contribution in [0, 0.1) is 19.3 Å². The Labute approximate surface area is 136 Å². The third-order valence-corrected chi connectivity index (χ3v) is 3.44. The highest BCUT2D eigenvalue weighted by molar-refractivity contribution is 5.94. The number of aliphatic hydroxyl groups excluding tert-OH is 1. The zero-order chi connectivity index (χ0) is 16.7. The molecular weight excluding hydrogens is 290 g/mol. The molecule has 1 atom stereocenters. The van der Waals surface area contributed by atoms with E-state index in [9.17, 15) is 9.90 Å². The Kier molecular flexibility index (Phi) is 5.79. The van der Waals surface area contributed by atoms with Crippen molar-refractivity contribution in [2.75, 3.05) is 13.2 Å². The van der Waals surface area contributed by atoms with Crippen LogP contribution in [0.25, 0.3) is 0 Å². The molecule has 4 nitrogen and oxygen atoms in total. The normalized spacial score (nSPS) is 11.3. The zero-order valence-corrected chi connectivity index (χ0v) is 13.0. The van der Waals surface area contributed by atoms with Gasteiger partial charge in [0.1, 0.15) is 12.4 Å². The van der Waals surface area contributed by atoms with Crippen molar-refractivity contribution in [3.8, 4) is 18.1 Å². The molecule has 0 aliphatic carbocycles. The number of aryl methyl sites for hydroxylation is 1. The number of carbonyl (C=O) groups excluding carboxylic acids is 1. The third kappa shape index (κ3) is 4.60. The molecule has 23 heavy (non-hydrogen) atoms. The maximum Gasteiger partial charge on any atom is 0.251 e. The van der Waals surface area contributed by atoms with Crippen molar-refractivity contribution in [3.63, 3.8) is 0 Å². The Balaban J connectivity index is 1.92. The van der Waals surface area contributed by atoms with Crippen LogP contribution in [0.5, 0.6) is 5.75 Å². The molecule has 1 amide bonds. The third-order valence-electron chi connectivity index (χ3n) is 3.44. The van der Waals surface area contributed by atoms with E-state index in [1.54, 1.807) is 24.3 Å². The minimum atomic E-state index is -0.738. The number of rotatable bonds is 6. The molecule has 2 aromatic carbocycles. The summed E-state index contributed by atoms with van der Waals surface area (Å²) in [5.74, 6) is 2.74. The Hall–Kier alpha value is -2.77. The van der Waals surface area contributed by atoms with Crippen molar-refractivity contribution in [1.29, 1.82) is 0 Å². The Morgan fingerprint density at radius 3 is 2.61 bits per heavy atom. The van der Waals surface area contributed by atoms with Gasteiger partial charge in [-0.15, -0.1) is 6.42 Å². The summed E-state index contributed by atoms with van der Waals surface area (Å²) in [5, 5.41) is 12.9. The molecule has 0 radical (unpaired) electrons. The van der Waals surface area contributed by atoms with Crippen LogP contribution in [0.3, 0.4) is 0 Å². The van der Waals surface area contributed by atoms with Crippen molar-refractivity contribution in [1.82, 2.24) is 5.32 Å². The second kappa shape index (κ2) is 8.02. The van der Waals surface area contributed by atoms with Crippen molar-refractivity contribution >= 4 is 5.91 Å². The number of carbonyl (C=O) groups is 1. The quantitative estimate of drug-likeness (QED) is 0.806. The zero-order valence-electron chi connectivity index (χ0n) is 13.0. The fourth-order valence-electron chi connectivity index (χ4n) is 2.19. The van der Waals surface area contributed by atoms with Crippen molar-refractivity contribution in [2.45, 2.75) is 13.0 Å². The largest absolute Gasteiger partial charge is 0.481 e. The summed E-state index contributed by atoms with van der Waals surface area (Å²) in [4.78, 5) is 12.1. The van der Waals surface area contributed by atoms with Crippen LogP contribution in [0.15, 0.2) is 48.5 Å². The van der Waals surface area contributed by atoms with Crippen molar-refractivity contribution < 1.29 is 14.6 Å². The molecule has 0 heterocycles. The lowest BCUT2D eigenvalue weighted by Gasteiger charge is -2.14. The lowest BCUT2D eigenvalue weighted by atomic mass is 10.0. The summed E-state index contributed by atoms with van der Waals surface area (Å²) in [6.45, 7) is 2.27. The van der Waals surface area contributed by atoms with E-state index >= 15 is 0 Å². The number of nitrogens with one attached hydrogen (secondary N) is 1. The number of hydrogen-bond acceptors (Lipinski definition) is 3. The van der Waals surface area contributed by atoms with Gasteiger partial charge in [-0.25, -0.2) is 0 Å². The lowest BCUT2D eigenvalue weighted by Crippen LogP contribution is -2.28. The van der Waals surface area contributed by atoms with Gasteiger partial charge in [-0.3, -0.25) is 4.79 Å². The fraction of sp³-hybridized carbons (Fsp3) is 0.211. The number of ether oxygens (including phenoxy) is 1. The van der Waals surface area contributed by atoms with E-state index in [4.69, 9.17) is 11.2 Å². The summed E-state index contributed by atoms with van der Waals surface area (Å²) in [7, 11) is 0. The van der Waals surface area contributed by atoms with Crippen LogP contribution in [-0.4, -0.2) is 24.2 Å². The van der Waals surface area contributed by atoms with Gasteiger partial charge in [0.2, 0.25) is 0 Å². The second-order valence-corrected chi connectivity index (χ2v) is 5.10. The second-order valence-electron chi connectivity index (χ2n) is 5.10. The first-order valence-corrected chi connectivity index (χ1v) is 7.30. The molecule has 0 fully saturated rings. The standard InChI is InChI=1S/C19H19NO3/c1-3-12-23-16-10-8-15(9-11-16)19(22)20-13-18(21)17-7-5-4-6-14(17)2/h1,4-11,18,21H,12-13H2,2H3,(H,20,22). The highest BCUT2D eigenvalue weighted by atomic mass is 16.5. The molecule has 0 saturated heterocycles. The van der Waals surface area contributed by atoms with E-state index in [0.29, 0.717) is 11.3 Å². The minimum absolute atomic E-state index is 0.152. The van der Waals surface area contributed by atoms with Crippen LogP contribution in [-0.2, 0) is 0 Å². The average Bonchev–Trinajstić information content (AvgIpc) is 2.58. The smallest absolute Gasteiger partial charge is 0.251 e. The Morgan fingerprint density at radius 2 is 1.96 bits per heavy atom. The Bertz CT molecular complexity index is 701. The van der Waals surface area contributed by atoms with Crippen molar-refractivity contribution in [3.05, 3.63) is 65.2 Å². The molecule has 2 rings (SSSR count). The number of hydrogen-bond donors (Lipinski definition) is 2. The molecule has 0 saturated carbocycles. The molecule has 0 aromatic heterocycles. The van der Waals surface area contributed by atoms with Crippen LogP contribution in [0.2, 0.25) is 0 Å². The van der Waals surface area contributed by atoms with Gasteiger partial charge in [0.05, 0.1) is 6.10 Å². The van der Waals surface area contributed by atoms with E-state index in [2.05, 4.69) is 11.2 Å². The SMILES string of the molecule is C#CCOc1ccc(C(=O)NCC(O)c2ccccc2C)cc1. The predicted octanol–water partition coefficient (Wildman–Crippen LogP) is 2.47. The summed E-state index contributed by atoms with van der Waals surface area (Å²) >= 11 is 0. The predicted molar refractivity (Wildman–Crippen MR) is 89.2 cm³/mol. The summed E-state index contributed by atoms with van der Waals surface area (Å²) in [6, 6.07) is 14.2. The van der Waals surface area contributed by atoms with Gasteiger partial charge in [-0.1, -0.05) is 30.2 Å². The van der Waals surface area contributed by atoms with Gasteiger partial charge < -0.3 is 15.2 Å². The molecule has 1 unspecified atom stereocenters. The summed E-state index contributed by atoms with van der Waals surface area (Å²) in [6.07, 6.45) is 4.38.